The third-order valence-corrected chi connectivity index (χ3v) is 4.07. The van der Waals surface area contributed by atoms with Crippen LogP contribution in [-0.2, 0) is 16.1 Å². The van der Waals surface area contributed by atoms with Gasteiger partial charge in [0, 0.05) is 45.4 Å². The number of carbonyl (C=O) groups excluding carboxylic acids is 1. The number of aliphatic hydroxyl groups is 1. The zero-order valence-electron chi connectivity index (χ0n) is 14.4. The first-order valence-electron chi connectivity index (χ1n) is 7.88. The summed E-state index contributed by atoms with van der Waals surface area (Å²) in [6, 6.07) is 4.71. The van der Waals surface area contributed by atoms with E-state index >= 15 is 0 Å². The van der Waals surface area contributed by atoms with Crippen LogP contribution in [0.1, 0.15) is 12.0 Å². The van der Waals surface area contributed by atoms with Crippen LogP contribution < -0.4 is 4.74 Å². The van der Waals surface area contributed by atoms with Crippen LogP contribution in [-0.4, -0.2) is 73.9 Å². The number of rotatable bonds is 5. The van der Waals surface area contributed by atoms with E-state index < -0.39 is 5.60 Å². The summed E-state index contributed by atoms with van der Waals surface area (Å²) in [6.45, 7) is 1.66. The second-order valence-corrected chi connectivity index (χ2v) is 6.41. The summed E-state index contributed by atoms with van der Waals surface area (Å²) in [5.41, 5.74) is -0.764. The Labute approximate surface area is 141 Å². The summed E-state index contributed by atoms with van der Waals surface area (Å²) >= 11 is 0. The van der Waals surface area contributed by atoms with E-state index in [-0.39, 0.29) is 31.3 Å². The molecule has 1 atom stereocenters. The van der Waals surface area contributed by atoms with Crippen molar-refractivity contribution < 1.29 is 23.8 Å². The summed E-state index contributed by atoms with van der Waals surface area (Å²) in [6.07, 6.45) is -0.0262. The molecule has 1 saturated heterocycles. The Kier molecular flexibility index (Phi) is 6.15. The topological polar surface area (TPSA) is 62.2 Å². The molecule has 1 aromatic carbocycles. The van der Waals surface area contributed by atoms with Gasteiger partial charge < -0.3 is 19.5 Å². The Balaban J connectivity index is 2.08. The van der Waals surface area contributed by atoms with Crippen molar-refractivity contribution in [1.29, 1.82) is 0 Å². The normalized spacial score (nSPS) is 22.0. The van der Waals surface area contributed by atoms with Crippen LogP contribution in [0.25, 0.3) is 0 Å². The Morgan fingerprint density at radius 1 is 1.50 bits per heavy atom. The van der Waals surface area contributed by atoms with Gasteiger partial charge in [-0.1, -0.05) is 6.07 Å². The second kappa shape index (κ2) is 7.92. The molecule has 0 radical (unpaired) electrons. The van der Waals surface area contributed by atoms with E-state index in [4.69, 9.17) is 9.47 Å². The molecule has 2 rings (SSSR count). The minimum Gasteiger partial charge on any atom is -0.497 e. The van der Waals surface area contributed by atoms with Gasteiger partial charge in [-0.3, -0.25) is 9.69 Å². The number of benzene rings is 1. The molecule has 0 bridgehead atoms. The van der Waals surface area contributed by atoms with E-state index in [1.807, 2.05) is 4.90 Å². The van der Waals surface area contributed by atoms with Gasteiger partial charge in [-0.2, -0.15) is 0 Å². The van der Waals surface area contributed by atoms with Crippen LogP contribution in [0.3, 0.4) is 0 Å². The van der Waals surface area contributed by atoms with Crippen LogP contribution >= 0.6 is 0 Å². The highest BCUT2D eigenvalue weighted by Gasteiger charge is 2.35. The van der Waals surface area contributed by atoms with E-state index in [1.54, 1.807) is 26.2 Å². The van der Waals surface area contributed by atoms with Crippen molar-refractivity contribution in [1.82, 2.24) is 9.80 Å². The van der Waals surface area contributed by atoms with E-state index in [2.05, 4.69) is 0 Å². The van der Waals surface area contributed by atoms with Crippen molar-refractivity contribution in [3.05, 3.63) is 29.6 Å². The van der Waals surface area contributed by atoms with Crippen molar-refractivity contribution in [2.75, 3.05) is 47.5 Å². The molecule has 134 valence electrons. The average Bonchev–Trinajstić information content (AvgIpc) is 2.70. The monoisotopic (exact) mass is 340 g/mol. The molecule has 1 N–H and O–H groups in total. The number of nitrogens with zero attached hydrogens (tertiary/aromatic N) is 2. The summed E-state index contributed by atoms with van der Waals surface area (Å²) in [5.74, 6) is -0.0606. The summed E-state index contributed by atoms with van der Waals surface area (Å²) in [7, 11) is 4.78. The molecule has 1 aliphatic rings. The van der Waals surface area contributed by atoms with Crippen LogP contribution in [0.2, 0.25) is 0 Å². The fourth-order valence-corrected chi connectivity index (χ4v) is 2.70. The van der Waals surface area contributed by atoms with Gasteiger partial charge in [-0.05, 0) is 6.07 Å². The first-order valence-corrected chi connectivity index (χ1v) is 7.88. The van der Waals surface area contributed by atoms with E-state index in [9.17, 15) is 14.3 Å². The third kappa shape index (κ3) is 4.90. The maximum absolute atomic E-state index is 14.1. The Morgan fingerprint density at radius 2 is 2.25 bits per heavy atom. The van der Waals surface area contributed by atoms with Crippen LogP contribution in [0.5, 0.6) is 5.75 Å². The molecule has 0 aliphatic carbocycles. The Morgan fingerprint density at radius 3 is 2.88 bits per heavy atom. The van der Waals surface area contributed by atoms with E-state index in [0.717, 1.165) is 0 Å². The first kappa shape index (κ1) is 18.6. The molecule has 1 fully saturated rings. The predicted molar refractivity (Wildman–Crippen MR) is 87.3 cm³/mol. The number of ether oxygens (including phenoxy) is 2. The largest absolute Gasteiger partial charge is 0.497 e. The number of amides is 1. The molecule has 1 aromatic rings. The number of halogens is 1. The molecule has 1 aliphatic heterocycles. The van der Waals surface area contributed by atoms with Crippen molar-refractivity contribution in [2.24, 2.45) is 0 Å². The average molecular weight is 340 g/mol. The highest BCUT2D eigenvalue weighted by atomic mass is 19.1. The van der Waals surface area contributed by atoms with Gasteiger partial charge in [0.25, 0.3) is 0 Å². The van der Waals surface area contributed by atoms with Gasteiger partial charge in [-0.15, -0.1) is 0 Å². The fourth-order valence-electron chi connectivity index (χ4n) is 2.70. The summed E-state index contributed by atoms with van der Waals surface area (Å²) < 4.78 is 24.6. The van der Waals surface area contributed by atoms with Crippen molar-refractivity contribution >= 4 is 5.91 Å². The molecular formula is C17H25FN2O4. The maximum atomic E-state index is 14.1. The van der Waals surface area contributed by atoms with Gasteiger partial charge in [0.05, 0.1) is 26.7 Å². The molecule has 24 heavy (non-hydrogen) atoms. The number of hydrogen-bond donors (Lipinski definition) is 1. The zero-order valence-corrected chi connectivity index (χ0v) is 14.4. The quantitative estimate of drug-likeness (QED) is 0.862. The molecule has 6 nitrogen and oxygen atoms in total. The number of β-amino-alcohol motifs (C(OH)–C–C–N with tert-alkyl or cyclic N) is 1. The first-order chi connectivity index (χ1) is 11.3. The lowest BCUT2D eigenvalue weighted by Gasteiger charge is -2.31. The van der Waals surface area contributed by atoms with Crippen LogP contribution in [0.15, 0.2) is 18.2 Å². The standard InChI is InChI=1S/C17H25FN2O4/c1-19(2)16(21)9-17(22)11-20(6-7-24-12-17)10-13-4-5-14(23-3)8-15(13)18/h4-5,8,22H,6-7,9-12H2,1-3H3/t17-/m1/s1. The van der Waals surface area contributed by atoms with Gasteiger partial charge >= 0.3 is 0 Å². The van der Waals surface area contributed by atoms with E-state index in [0.29, 0.717) is 31.0 Å². The smallest absolute Gasteiger partial charge is 0.225 e. The predicted octanol–water partition coefficient (Wildman–Crippen LogP) is 0.876. The maximum Gasteiger partial charge on any atom is 0.225 e. The lowest BCUT2D eigenvalue weighted by atomic mass is 9.99. The van der Waals surface area contributed by atoms with Gasteiger partial charge in [0.1, 0.15) is 17.2 Å². The van der Waals surface area contributed by atoms with Crippen LogP contribution in [0, 0.1) is 5.82 Å². The second-order valence-electron chi connectivity index (χ2n) is 6.41. The molecule has 0 aromatic heterocycles. The van der Waals surface area contributed by atoms with E-state index in [1.165, 1.54) is 18.1 Å². The van der Waals surface area contributed by atoms with Crippen molar-refractivity contribution in [3.8, 4) is 5.75 Å². The molecule has 1 heterocycles. The summed E-state index contributed by atoms with van der Waals surface area (Å²) in [5, 5.41) is 10.7. The molecule has 0 spiro atoms. The Hall–Kier alpha value is -1.70. The number of hydrogen-bond acceptors (Lipinski definition) is 5. The number of carbonyl (C=O) groups is 1. The fraction of sp³-hybridized carbons (Fsp3) is 0.588. The lowest BCUT2D eigenvalue weighted by Crippen LogP contribution is -2.47. The molecule has 0 unspecified atom stereocenters. The highest BCUT2D eigenvalue weighted by molar-refractivity contribution is 5.76. The number of methoxy groups -OCH3 is 1. The van der Waals surface area contributed by atoms with Gasteiger partial charge in [0.2, 0.25) is 5.91 Å². The SMILES string of the molecule is COc1ccc(CN2CCOC[C@@](O)(CC(=O)N(C)C)C2)c(F)c1. The minimum absolute atomic E-state index is 0.0262. The molecule has 1 amide bonds. The van der Waals surface area contributed by atoms with Crippen molar-refractivity contribution in [3.63, 3.8) is 0 Å². The third-order valence-electron chi connectivity index (χ3n) is 4.07. The lowest BCUT2D eigenvalue weighted by molar-refractivity contribution is -0.136. The van der Waals surface area contributed by atoms with Crippen molar-refractivity contribution in [2.45, 2.75) is 18.6 Å². The summed E-state index contributed by atoms with van der Waals surface area (Å²) in [4.78, 5) is 15.3. The molecular weight excluding hydrogens is 315 g/mol. The van der Waals surface area contributed by atoms with Gasteiger partial charge in [-0.25, -0.2) is 4.39 Å². The minimum atomic E-state index is -1.28. The highest BCUT2D eigenvalue weighted by Crippen LogP contribution is 2.22. The Bertz CT molecular complexity index is 582. The zero-order chi connectivity index (χ0) is 17.7. The van der Waals surface area contributed by atoms with Crippen LogP contribution in [0.4, 0.5) is 4.39 Å². The molecule has 7 heteroatoms. The molecule has 0 saturated carbocycles. The van der Waals surface area contributed by atoms with Gasteiger partial charge in [0.15, 0.2) is 0 Å².